The van der Waals surface area contributed by atoms with E-state index in [2.05, 4.69) is 89.8 Å². The van der Waals surface area contributed by atoms with Crippen molar-refractivity contribution in [2.24, 2.45) is 0 Å². The van der Waals surface area contributed by atoms with E-state index in [4.69, 9.17) is 4.98 Å². The van der Waals surface area contributed by atoms with Crippen LogP contribution in [0, 0.1) is 0 Å². The molecule has 1 heterocycles. The Kier molecular flexibility index (Phi) is 6.59. The van der Waals surface area contributed by atoms with E-state index in [1.807, 2.05) is 24.3 Å². The molecule has 0 aliphatic carbocycles. The van der Waals surface area contributed by atoms with Crippen LogP contribution in [-0.4, -0.2) is 10.9 Å². The summed E-state index contributed by atoms with van der Waals surface area (Å²) < 4.78 is 0. The van der Waals surface area contributed by atoms with E-state index in [1.54, 1.807) is 6.92 Å². The molecule has 0 unspecified atom stereocenters. The summed E-state index contributed by atoms with van der Waals surface area (Å²) in [4.78, 5) is 17.2. The van der Waals surface area contributed by atoms with Gasteiger partial charge in [-0.2, -0.15) is 0 Å². The third kappa shape index (κ3) is 5.09. The summed E-state index contributed by atoms with van der Waals surface area (Å²) >= 11 is 0. The number of amides is 1. The summed E-state index contributed by atoms with van der Waals surface area (Å²) in [5, 5.41) is 4.33. The normalized spacial score (nSPS) is 14.1. The molecule has 3 aromatic rings. The van der Waals surface area contributed by atoms with Crippen LogP contribution in [0.3, 0.4) is 0 Å². The maximum atomic E-state index is 12.2. The molecule has 3 rings (SSSR count). The first kappa shape index (κ1) is 23.7. The lowest BCUT2D eigenvalue weighted by Crippen LogP contribution is -2.31. The van der Waals surface area contributed by atoms with Crippen molar-refractivity contribution in [3.63, 3.8) is 0 Å². The Morgan fingerprint density at radius 2 is 1.66 bits per heavy atom. The van der Waals surface area contributed by atoms with Crippen molar-refractivity contribution >= 4 is 16.8 Å². The third-order valence-electron chi connectivity index (χ3n) is 6.38. The fourth-order valence-corrected chi connectivity index (χ4v) is 3.98. The van der Waals surface area contributed by atoms with Crippen LogP contribution in [0.2, 0.25) is 0 Å². The maximum absolute atomic E-state index is 12.2. The molecule has 0 saturated heterocycles. The average Bonchev–Trinajstić information content (AvgIpc) is 2.75. The minimum Gasteiger partial charge on any atom is -0.349 e. The maximum Gasteiger partial charge on any atom is 0.217 e. The quantitative estimate of drug-likeness (QED) is 0.430. The van der Waals surface area contributed by atoms with Crippen molar-refractivity contribution in [2.45, 2.75) is 71.3 Å². The molecule has 0 aliphatic heterocycles. The van der Waals surface area contributed by atoms with Crippen molar-refractivity contribution in [3.05, 3.63) is 89.6 Å². The van der Waals surface area contributed by atoms with E-state index < -0.39 is 0 Å². The molecule has 168 valence electrons. The smallest absolute Gasteiger partial charge is 0.217 e. The molecule has 0 bridgehead atoms. The van der Waals surface area contributed by atoms with Crippen LogP contribution in [0.4, 0.5) is 0 Å². The van der Waals surface area contributed by atoms with Gasteiger partial charge in [-0.1, -0.05) is 90.1 Å². The SMILES string of the molecule is C=CC(C)(C)c1cc([C@H](NC(C)=O)[C@H](C)c2ccc3ccccc3n2)cc(C(C)(C)C)c1. The first-order valence-corrected chi connectivity index (χ1v) is 11.3. The average molecular weight is 429 g/mol. The second-order valence-electron chi connectivity index (χ2n) is 10.4. The summed E-state index contributed by atoms with van der Waals surface area (Å²) in [6.07, 6.45) is 1.99. The van der Waals surface area contributed by atoms with Gasteiger partial charge >= 0.3 is 0 Å². The molecular weight excluding hydrogens is 392 g/mol. The van der Waals surface area contributed by atoms with E-state index in [9.17, 15) is 4.79 Å². The number of rotatable bonds is 6. The number of carbonyl (C=O) groups is 1. The van der Waals surface area contributed by atoms with Crippen LogP contribution in [0.15, 0.2) is 67.3 Å². The molecule has 3 heteroatoms. The van der Waals surface area contributed by atoms with Crippen molar-refractivity contribution in [1.82, 2.24) is 10.3 Å². The molecule has 2 aromatic carbocycles. The number of hydrogen-bond donors (Lipinski definition) is 1. The molecule has 0 fully saturated rings. The predicted octanol–water partition coefficient (Wildman–Crippen LogP) is 6.98. The fraction of sp³-hybridized carbons (Fsp3) is 0.379. The number of hydrogen-bond acceptors (Lipinski definition) is 2. The van der Waals surface area contributed by atoms with Gasteiger partial charge in [0.15, 0.2) is 0 Å². The molecule has 0 spiro atoms. The Morgan fingerprint density at radius 1 is 1.00 bits per heavy atom. The predicted molar refractivity (Wildman–Crippen MR) is 135 cm³/mol. The Bertz CT molecular complexity index is 1140. The van der Waals surface area contributed by atoms with Crippen molar-refractivity contribution in [3.8, 4) is 0 Å². The number of aromatic nitrogens is 1. The highest BCUT2D eigenvalue weighted by Crippen LogP contribution is 2.37. The molecule has 0 aliphatic rings. The van der Waals surface area contributed by atoms with Gasteiger partial charge in [0, 0.05) is 29.3 Å². The van der Waals surface area contributed by atoms with Crippen molar-refractivity contribution in [2.75, 3.05) is 0 Å². The van der Waals surface area contributed by atoms with E-state index >= 15 is 0 Å². The number of para-hydroxylation sites is 1. The van der Waals surface area contributed by atoms with Crippen molar-refractivity contribution < 1.29 is 4.79 Å². The first-order chi connectivity index (χ1) is 14.9. The Morgan fingerprint density at radius 3 is 2.28 bits per heavy atom. The summed E-state index contributed by atoms with van der Waals surface area (Å²) in [7, 11) is 0. The van der Waals surface area contributed by atoms with Gasteiger partial charge < -0.3 is 5.32 Å². The fourth-order valence-electron chi connectivity index (χ4n) is 3.98. The van der Waals surface area contributed by atoms with Gasteiger partial charge in [0.2, 0.25) is 5.91 Å². The number of allylic oxidation sites excluding steroid dienone is 1. The number of fused-ring (bicyclic) bond motifs is 1. The van der Waals surface area contributed by atoms with Crippen LogP contribution in [0.1, 0.15) is 82.8 Å². The molecule has 0 radical (unpaired) electrons. The standard InChI is InChI=1S/C29H36N2O/c1-9-29(7,8)24-17-22(16-23(18-24)28(4,5)6)27(30-20(3)32)19(2)25-15-14-21-12-10-11-13-26(21)31-25/h9-19,27H,1H2,2-8H3,(H,30,32)/t19-,27-/m1/s1. The molecular formula is C29H36N2O. The van der Waals surface area contributed by atoms with Gasteiger partial charge in [-0.25, -0.2) is 0 Å². The second kappa shape index (κ2) is 8.90. The monoisotopic (exact) mass is 428 g/mol. The van der Waals surface area contributed by atoms with Crippen LogP contribution in [0.5, 0.6) is 0 Å². The molecule has 0 saturated carbocycles. The minimum absolute atomic E-state index is 0.00146. The Labute approximate surface area is 193 Å². The van der Waals surface area contributed by atoms with Gasteiger partial charge in [-0.15, -0.1) is 6.58 Å². The molecule has 3 nitrogen and oxygen atoms in total. The lowest BCUT2D eigenvalue weighted by atomic mass is 9.77. The molecule has 1 amide bonds. The van der Waals surface area contributed by atoms with Crippen LogP contribution in [-0.2, 0) is 15.6 Å². The minimum atomic E-state index is -0.192. The van der Waals surface area contributed by atoms with E-state index in [0.717, 1.165) is 22.2 Å². The van der Waals surface area contributed by atoms with Gasteiger partial charge in [-0.05, 0) is 34.2 Å². The molecule has 32 heavy (non-hydrogen) atoms. The third-order valence-corrected chi connectivity index (χ3v) is 6.38. The Balaban J connectivity index is 2.16. The molecule has 1 N–H and O–H groups in total. The topological polar surface area (TPSA) is 42.0 Å². The summed E-state index contributed by atoms with van der Waals surface area (Å²) in [5.41, 5.74) is 5.27. The zero-order valence-corrected chi connectivity index (χ0v) is 20.5. The van der Waals surface area contributed by atoms with Gasteiger partial charge in [-0.3, -0.25) is 9.78 Å². The van der Waals surface area contributed by atoms with Gasteiger partial charge in [0.1, 0.15) is 0 Å². The zero-order chi connectivity index (χ0) is 23.7. The highest BCUT2D eigenvalue weighted by molar-refractivity contribution is 5.78. The van der Waals surface area contributed by atoms with E-state index in [-0.39, 0.29) is 28.7 Å². The lowest BCUT2D eigenvalue weighted by Gasteiger charge is -2.31. The zero-order valence-electron chi connectivity index (χ0n) is 20.5. The van der Waals surface area contributed by atoms with Gasteiger partial charge in [0.05, 0.1) is 11.6 Å². The largest absolute Gasteiger partial charge is 0.349 e. The molecule has 2 atom stereocenters. The summed E-state index contributed by atoms with van der Waals surface area (Å²) in [6.45, 7) is 18.8. The second-order valence-corrected chi connectivity index (χ2v) is 10.4. The lowest BCUT2D eigenvalue weighted by molar-refractivity contribution is -0.119. The number of carbonyl (C=O) groups excluding carboxylic acids is 1. The highest BCUT2D eigenvalue weighted by atomic mass is 16.1. The number of pyridine rings is 1. The van der Waals surface area contributed by atoms with Gasteiger partial charge in [0.25, 0.3) is 0 Å². The van der Waals surface area contributed by atoms with Crippen LogP contribution < -0.4 is 5.32 Å². The van der Waals surface area contributed by atoms with Crippen LogP contribution in [0.25, 0.3) is 10.9 Å². The summed E-state index contributed by atoms with van der Waals surface area (Å²) in [5.74, 6) is -0.0493. The Hall–Kier alpha value is -2.94. The number of benzene rings is 2. The number of nitrogens with one attached hydrogen (secondary N) is 1. The van der Waals surface area contributed by atoms with Crippen LogP contribution >= 0.6 is 0 Å². The van der Waals surface area contributed by atoms with Crippen molar-refractivity contribution in [1.29, 1.82) is 0 Å². The number of nitrogens with zero attached hydrogens (tertiary/aromatic N) is 1. The van der Waals surface area contributed by atoms with E-state index in [1.165, 1.54) is 11.1 Å². The first-order valence-electron chi connectivity index (χ1n) is 11.3. The summed E-state index contributed by atoms with van der Waals surface area (Å²) in [6, 6.07) is 18.8. The van der Waals surface area contributed by atoms with E-state index in [0.29, 0.717) is 0 Å². The highest BCUT2D eigenvalue weighted by Gasteiger charge is 2.28. The molecule has 1 aromatic heterocycles.